The van der Waals surface area contributed by atoms with Gasteiger partial charge in [0, 0.05) is 0 Å². The Balaban J connectivity index is 1.82. The van der Waals surface area contributed by atoms with Crippen molar-refractivity contribution in [3.8, 4) is 0 Å². The van der Waals surface area contributed by atoms with Crippen LogP contribution >= 0.6 is 0 Å². The standard InChI is InChI=1S/C20H34GeNO/c1-22(15-8-3-9-16-22)17-14-21(18-23,20-12-6-7-13-20)19-10-4-2-5-11-19/h2,4-5,10-11,20,23H,3,6-9,12-18H2,1H3/q+1/t21-/m0/s1. The summed E-state index contributed by atoms with van der Waals surface area (Å²) in [5.74, 6) is 0. The fourth-order valence-corrected chi connectivity index (χ4v) is 15.8. The van der Waals surface area contributed by atoms with Crippen LogP contribution in [0.4, 0.5) is 0 Å². The van der Waals surface area contributed by atoms with E-state index < -0.39 is 13.3 Å². The van der Waals surface area contributed by atoms with Crippen molar-refractivity contribution in [1.82, 2.24) is 0 Å². The molecular formula is C20H34GeNO+. The van der Waals surface area contributed by atoms with Gasteiger partial charge in [0.25, 0.3) is 0 Å². The second-order valence-electron chi connectivity index (χ2n) is 8.26. The summed E-state index contributed by atoms with van der Waals surface area (Å²) in [6.07, 6.45) is 9.72. The predicted molar refractivity (Wildman–Crippen MR) is 101 cm³/mol. The van der Waals surface area contributed by atoms with Gasteiger partial charge in [-0.15, -0.1) is 0 Å². The maximum atomic E-state index is 10.6. The molecule has 2 aliphatic rings. The number of likely N-dealkylation sites (tertiary alicyclic amines) is 1. The van der Waals surface area contributed by atoms with Crippen molar-refractivity contribution in [3.05, 3.63) is 30.3 Å². The van der Waals surface area contributed by atoms with Crippen LogP contribution in [0.2, 0.25) is 10.0 Å². The summed E-state index contributed by atoms with van der Waals surface area (Å²) in [7, 11) is 2.46. The third-order valence-corrected chi connectivity index (χ3v) is 17.9. The first kappa shape index (κ1) is 17.5. The van der Waals surface area contributed by atoms with E-state index in [-0.39, 0.29) is 0 Å². The number of piperidine rings is 1. The molecule has 1 aliphatic heterocycles. The molecule has 1 aromatic carbocycles. The number of hydrogen-bond acceptors (Lipinski definition) is 1. The van der Waals surface area contributed by atoms with Crippen LogP contribution in [0.1, 0.15) is 44.9 Å². The Morgan fingerprint density at radius 3 is 2.26 bits per heavy atom. The number of rotatable bonds is 6. The van der Waals surface area contributed by atoms with Crippen molar-refractivity contribution in [2.75, 3.05) is 32.1 Å². The van der Waals surface area contributed by atoms with E-state index in [1.807, 2.05) is 0 Å². The molecule has 0 aromatic heterocycles. The van der Waals surface area contributed by atoms with Crippen LogP contribution in [0.15, 0.2) is 30.3 Å². The van der Waals surface area contributed by atoms with E-state index in [4.69, 9.17) is 0 Å². The summed E-state index contributed by atoms with van der Waals surface area (Å²) in [5, 5.41) is 11.9. The molecule has 1 saturated heterocycles. The summed E-state index contributed by atoms with van der Waals surface area (Å²) in [4.78, 5) is 0. The van der Waals surface area contributed by atoms with Crippen molar-refractivity contribution < 1.29 is 9.59 Å². The Kier molecular flexibility index (Phi) is 5.87. The summed E-state index contributed by atoms with van der Waals surface area (Å²) in [6, 6.07) is 11.2. The SMILES string of the molecule is C[N+]1(C[CH2][Ge@]([CH2]O)([c]2ccccc2)[CH]2CCCC2)CCCCC1. The minimum absolute atomic E-state index is 0.495. The predicted octanol–water partition coefficient (Wildman–Crippen LogP) is 3.45. The molecule has 0 bridgehead atoms. The Bertz CT molecular complexity index is 480. The molecule has 0 unspecified atom stereocenters. The number of benzene rings is 1. The van der Waals surface area contributed by atoms with Gasteiger partial charge in [-0.05, 0) is 0 Å². The fourth-order valence-electron chi connectivity index (χ4n) is 5.10. The molecule has 3 heteroatoms. The fraction of sp³-hybridized carbons (Fsp3) is 0.700. The van der Waals surface area contributed by atoms with Crippen LogP contribution in [-0.4, -0.2) is 55.0 Å². The van der Waals surface area contributed by atoms with E-state index in [0.717, 1.165) is 4.75 Å². The molecule has 3 rings (SSSR count). The van der Waals surface area contributed by atoms with E-state index >= 15 is 0 Å². The molecule has 1 saturated carbocycles. The summed E-state index contributed by atoms with van der Waals surface area (Å²) in [6.45, 7) is 4.00. The summed E-state index contributed by atoms with van der Waals surface area (Å²) < 4.78 is 3.66. The van der Waals surface area contributed by atoms with Gasteiger partial charge in [-0.2, -0.15) is 0 Å². The second-order valence-corrected chi connectivity index (χ2v) is 17.8. The summed E-state index contributed by atoms with van der Waals surface area (Å²) >= 11 is -2.43. The first-order chi connectivity index (χ1) is 11.2. The minimum atomic E-state index is -2.43. The van der Waals surface area contributed by atoms with Gasteiger partial charge in [-0.25, -0.2) is 0 Å². The zero-order valence-electron chi connectivity index (χ0n) is 14.8. The first-order valence-electron chi connectivity index (χ1n) is 9.69. The molecule has 0 amide bonds. The molecule has 2 nitrogen and oxygen atoms in total. The molecule has 1 heterocycles. The third kappa shape index (κ3) is 3.85. The Morgan fingerprint density at radius 1 is 1.00 bits per heavy atom. The second kappa shape index (κ2) is 7.71. The number of aliphatic hydroxyl groups excluding tert-OH is 1. The number of quaternary nitrogens is 1. The molecule has 0 radical (unpaired) electrons. The average molecular weight is 377 g/mol. The maximum absolute atomic E-state index is 10.6. The number of nitrogens with zero attached hydrogens (tertiary/aromatic N) is 1. The van der Waals surface area contributed by atoms with Crippen molar-refractivity contribution >= 4 is 17.7 Å². The molecule has 0 spiro atoms. The summed E-state index contributed by atoms with van der Waals surface area (Å²) in [5.41, 5.74) is 0.495. The zero-order chi connectivity index (χ0) is 16.2. The Labute approximate surface area is 144 Å². The van der Waals surface area contributed by atoms with Crippen molar-refractivity contribution in [2.24, 2.45) is 0 Å². The molecule has 1 aromatic rings. The topological polar surface area (TPSA) is 20.2 Å². The first-order valence-corrected chi connectivity index (χ1v) is 14.9. The van der Waals surface area contributed by atoms with E-state index in [2.05, 4.69) is 37.4 Å². The number of hydrogen-bond donors (Lipinski definition) is 1. The van der Waals surface area contributed by atoms with Crippen LogP contribution in [0.25, 0.3) is 0 Å². The molecule has 1 N–H and O–H groups in total. The van der Waals surface area contributed by atoms with Gasteiger partial charge < -0.3 is 0 Å². The van der Waals surface area contributed by atoms with Crippen LogP contribution in [0.5, 0.6) is 0 Å². The molecule has 2 fully saturated rings. The Hall–Kier alpha value is -0.317. The van der Waals surface area contributed by atoms with Gasteiger partial charge in [-0.3, -0.25) is 0 Å². The molecular weight excluding hydrogens is 343 g/mol. The van der Waals surface area contributed by atoms with Gasteiger partial charge >= 0.3 is 145 Å². The van der Waals surface area contributed by atoms with E-state index in [0.29, 0.717) is 5.44 Å². The van der Waals surface area contributed by atoms with Gasteiger partial charge in [0.15, 0.2) is 0 Å². The van der Waals surface area contributed by atoms with E-state index in [1.165, 1.54) is 74.3 Å². The van der Waals surface area contributed by atoms with Crippen molar-refractivity contribution in [1.29, 1.82) is 0 Å². The van der Waals surface area contributed by atoms with Gasteiger partial charge in [0.05, 0.1) is 0 Å². The van der Waals surface area contributed by atoms with Crippen LogP contribution in [0, 0.1) is 0 Å². The van der Waals surface area contributed by atoms with Crippen LogP contribution in [0.3, 0.4) is 0 Å². The van der Waals surface area contributed by atoms with E-state index in [9.17, 15) is 5.11 Å². The van der Waals surface area contributed by atoms with Crippen molar-refractivity contribution in [2.45, 2.75) is 54.9 Å². The number of aliphatic hydroxyl groups is 1. The normalized spacial score (nSPS) is 24.4. The van der Waals surface area contributed by atoms with Gasteiger partial charge in [-0.1, -0.05) is 0 Å². The molecule has 128 valence electrons. The van der Waals surface area contributed by atoms with Crippen molar-refractivity contribution in [3.63, 3.8) is 0 Å². The zero-order valence-corrected chi connectivity index (χ0v) is 16.9. The van der Waals surface area contributed by atoms with Gasteiger partial charge in [0.2, 0.25) is 0 Å². The monoisotopic (exact) mass is 378 g/mol. The van der Waals surface area contributed by atoms with Crippen LogP contribution in [-0.2, 0) is 0 Å². The molecule has 1 aliphatic carbocycles. The van der Waals surface area contributed by atoms with Gasteiger partial charge in [0.1, 0.15) is 0 Å². The van der Waals surface area contributed by atoms with Crippen LogP contribution < -0.4 is 4.40 Å². The Morgan fingerprint density at radius 2 is 1.65 bits per heavy atom. The third-order valence-electron chi connectivity index (χ3n) is 6.76. The average Bonchev–Trinajstić information content (AvgIpc) is 3.13. The quantitative estimate of drug-likeness (QED) is 0.595. The molecule has 23 heavy (non-hydrogen) atoms. The van der Waals surface area contributed by atoms with E-state index in [1.54, 1.807) is 4.40 Å². The molecule has 1 atom stereocenters.